The first-order valence-corrected chi connectivity index (χ1v) is 11.2. The first-order chi connectivity index (χ1) is 15.5. The molecule has 0 bridgehead atoms. The van der Waals surface area contributed by atoms with Crippen LogP contribution < -0.4 is 14.8 Å². The summed E-state index contributed by atoms with van der Waals surface area (Å²) in [7, 11) is 3.20. The molecule has 0 radical (unpaired) electrons. The molecule has 1 aliphatic heterocycles. The molecule has 168 valence electrons. The van der Waals surface area contributed by atoms with E-state index in [1.807, 2.05) is 24.3 Å². The minimum atomic E-state index is 0.148. The molecule has 0 amide bonds. The van der Waals surface area contributed by atoms with Crippen LogP contribution in [-0.2, 0) is 0 Å². The van der Waals surface area contributed by atoms with E-state index in [0.717, 1.165) is 37.2 Å². The SMILES string of the molecule is COc1ccc(-c2nnn(C3CCN(C(=S)Nc4ccc(Cl)cc4Cl)CC3)n2)cc1OC. The molecular formula is C21H22Cl2N6O2S. The molecule has 1 fully saturated rings. The molecule has 0 saturated carbocycles. The maximum Gasteiger partial charge on any atom is 0.205 e. The summed E-state index contributed by atoms with van der Waals surface area (Å²) in [6, 6.07) is 11.0. The summed E-state index contributed by atoms with van der Waals surface area (Å²) in [5.41, 5.74) is 1.55. The lowest BCUT2D eigenvalue weighted by Gasteiger charge is -2.33. The van der Waals surface area contributed by atoms with Crippen molar-refractivity contribution in [2.45, 2.75) is 18.9 Å². The predicted molar refractivity (Wildman–Crippen MR) is 129 cm³/mol. The lowest BCUT2D eigenvalue weighted by atomic mass is 10.1. The number of anilines is 1. The largest absolute Gasteiger partial charge is 0.493 e. The van der Waals surface area contributed by atoms with Crippen LogP contribution in [0, 0.1) is 0 Å². The number of aromatic nitrogens is 4. The van der Waals surface area contributed by atoms with Crippen LogP contribution >= 0.6 is 35.4 Å². The fourth-order valence-corrected chi connectivity index (χ4v) is 4.30. The highest BCUT2D eigenvalue weighted by atomic mass is 35.5. The zero-order valence-electron chi connectivity index (χ0n) is 17.6. The Bertz CT molecular complexity index is 1120. The monoisotopic (exact) mass is 492 g/mol. The van der Waals surface area contributed by atoms with Crippen LogP contribution in [0.5, 0.6) is 11.5 Å². The summed E-state index contributed by atoms with van der Waals surface area (Å²) < 4.78 is 10.7. The zero-order chi connectivity index (χ0) is 22.7. The third-order valence-electron chi connectivity index (χ3n) is 5.32. The Balaban J connectivity index is 1.38. The van der Waals surface area contributed by atoms with Gasteiger partial charge in [0.15, 0.2) is 16.6 Å². The highest BCUT2D eigenvalue weighted by Gasteiger charge is 2.25. The molecular weight excluding hydrogens is 471 g/mol. The summed E-state index contributed by atoms with van der Waals surface area (Å²) in [6.07, 6.45) is 1.69. The maximum absolute atomic E-state index is 6.24. The Morgan fingerprint density at radius 1 is 1.06 bits per heavy atom. The third kappa shape index (κ3) is 4.90. The van der Waals surface area contributed by atoms with E-state index >= 15 is 0 Å². The van der Waals surface area contributed by atoms with Crippen LogP contribution in [0.1, 0.15) is 18.9 Å². The van der Waals surface area contributed by atoms with Crippen LogP contribution in [0.3, 0.4) is 0 Å². The van der Waals surface area contributed by atoms with Gasteiger partial charge in [-0.1, -0.05) is 23.2 Å². The number of hydrogen-bond acceptors (Lipinski definition) is 6. The van der Waals surface area contributed by atoms with E-state index in [1.165, 1.54) is 0 Å². The Kier molecular flexibility index (Phi) is 6.98. The molecule has 8 nitrogen and oxygen atoms in total. The molecule has 0 spiro atoms. The topological polar surface area (TPSA) is 77.3 Å². The van der Waals surface area contributed by atoms with Gasteiger partial charge in [-0.25, -0.2) is 0 Å². The van der Waals surface area contributed by atoms with Gasteiger partial charge in [-0.2, -0.15) is 4.80 Å². The number of tetrazole rings is 1. The lowest BCUT2D eigenvalue weighted by molar-refractivity contribution is 0.238. The van der Waals surface area contributed by atoms with Gasteiger partial charge < -0.3 is 19.7 Å². The van der Waals surface area contributed by atoms with Gasteiger partial charge in [-0.05, 0) is 66.7 Å². The number of likely N-dealkylation sites (tertiary alicyclic amines) is 1. The first kappa shape index (κ1) is 22.6. The van der Waals surface area contributed by atoms with E-state index in [2.05, 4.69) is 25.6 Å². The van der Waals surface area contributed by atoms with Crippen molar-refractivity contribution in [3.63, 3.8) is 0 Å². The van der Waals surface area contributed by atoms with Gasteiger partial charge in [0.05, 0.1) is 31.0 Å². The highest BCUT2D eigenvalue weighted by Crippen LogP contribution is 2.31. The molecule has 1 aliphatic rings. The number of benzene rings is 2. The summed E-state index contributed by atoms with van der Waals surface area (Å²) in [5, 5.41) is 18.0. The van der Waals surface area contributed by atoms with E-state index in [-0.39, 0.29) is 6.04 Å². The van der Waals surface area contributed by atoms with Gasteiger partial charge >= 0.3 is 0 Å². The maximum atomic E-state index is 6.24. The fraction of sp³-hybridized carbons (Fsp3) is 0.333. The zero-order valence-corrected chi connectivity index (χ0v) is 19.9. The summed E-state index contributed by atoms with van der Waals surface area (Å²) in [5.74, 6) is 1.82. The van der Waals surface area contributed by atoms with E-state index in [9.17, 15) is 0 Å². The number of methoxy groups -OCH3 is 2. The molecule has 0 aliphatic carbocycles. The van der Waals surface area contributed by atoms with E-state index in [1.54, 1.807) is 31.1 Å². The number of nitrogens with one attached hydrogen (secondary N) is 1. The van der Waals surface area contributed by atoms with Crippen molar-refractivity contribution in [2.24, 2.45) is 0 Å². The second kappa shape index (κ2) is 9.89. The molecule has 1 N–H and O–H groups in total. The molecule has 3 aromatic rings. The predicted octanol–water partition coefficient (Wildman–Crippen LogP) is 4.70. The van der Waals surface area contributed by atoms with Crippen molar-refractivity contribution in [3.05, 3.63) is 46.4 Å². The number of hydrogen-bond donors (Lipinski definition) is 1. The standard InChI is InChI=1S/C21H22Cl2N6O2S/c1-30-18-6-3-13(11-19(18)31-2)20-25-27-29(26-20)15-7-9-28(10-8-15)21(32)24-17-5-4-14(22)12-16(17)23/h3-6,11-12,15H,7-10H2,1-2H3,(H,24,32). The van der Waals surface area contributed by atoms with Crippen LogP contribution in [0.25, 0.3) is 11.4 Å². The number of thiocarbonyl (C=S) groups is 1. The summed E-state index contributed by atoms with van der Waals surface area (Å²) in [6.45, 7) is 1.55. The van der Waals surface area contributed by atoms with Crippen molar-refractivity contribution in [1.82, 2.24) is 25.1 Å². The van der Waals surface area contributed by atoms with Crippen molar-refractivity contribution >= 4 is 46.2 Å². The van der Waals surface area contributed by atoms with Crippen molar-refractivity contribution in [3.8, 4) is 22.9 Å². The van der Waals surface area contributed by atoms with Crippen molar-refractivity contribution in [2.75, 3.05) is 32.6 Å². The van der Waals surface area contributed by atoms with Crippen LogP contribution in [0.4, 0.5) is 5.69 Å². The Morgan fingerprint density at radius 2 is 1.81 bits per heavy atom. The molecule has 1 aromatic heterocycles. The Morgan fingerprint density at radius 3 is 2.50 bits per heavy atom. The minimum absolute atomic E-state index is 0.148. The molecule has 4 rings (SSSR count). The van der Waals surface area contributed by atoms with Gasteiger partial charge in [0, 0.05) is 23.7 Å². The van der Waals surface area contributed by atoms with E-state index < -0.39 is 0 Å². The number of halogens is 2. The van der Waals surface area contributed by atoms with Crippen molar-refractivity contribution in [1.29, 1.82) is 0 Å². The first-order valence-electron chi connectivity index (χ1n) is 10.0. The minimum Gasteiger partial charge on any atom is -0.493 e. The molecule has 1 saturated heterocycles. The van der Waals surface area contributed by atoms with Gasteiger partial charge in [-0.3, -0.25) is 0 Å². The van der Waals surface area contributed by atoms with Gasteiger partial charge in [0.2, 0.25) is 5.82 Å². The molecule has 2 aromatic carbocycles. The normalized spacial score (nSPS) is 14.3. The fourth-order valence-electron chi connectivity index (χ4n) is 3.56. The molecule has 32 heavy (non-hydrogen) atoms. The Hall–Kier alpha value is -2.62. The van der Waals surface area contributed by atoms with Gasteiger partial charge in [-0.15, -0.1) is 10.2 Å². The molecule has 11 heteroatoms. The van der Waals surface area contributed by atoms with Crippen LogP contribution in [0.15, 0.2) is 36.4 Å². The van der Waals surface area contributed by atoms with E-state index in [4.69, 9.17) is 44.9 Å². The summed E-state index contributed by atoms with van der Waals surface area (Å²) >= 11 is 17.8. The number of ether oxygens (including phenoxy) is 2. The van der Waals surface area contributed by atoms with Gasteiger partial charge in [0.1, 0.15) is 0 Å². The molecule has 2 heterocycles. The van der Waals surface area contributed by atoms with Crippen LogP contribution in [0.2, 0.25) is 10.0 Å². The highest BCUT2D eigenvalue weighted by molar-refractivity contribution is 7.80. The molecule has 0 atom stereocenters. The smallest absolute Gasteiger partial charge is 0.205 e. The van der Waals surface area contributed by atoms with Crippen molar-refractivity contribution < 1.29 is 9.47 Å². The second-order valence-corrected chi connectivity index (χ2v) is 8.51. The number of piperidine rings is 1. The quantitative estimate of drug-likeness (QED) is 0.513. The van der Waals surface area contributed by atoms with Crippen LogP contribution in [-0.4, -0.2) is 57.5 Å². The number of nitrogens with zero attached hydrogens (tertiary/aromatic N) is 5. The Labute approximate surface area is 201 Å². The number of rotatable bonds is 5. The summed E-state index contributed by atoms with van der Waals surface area (Å²) in [4.78, 5) is 3.80. The average Bonchev–Trinajstić information content (AvgIpc) is 3.31. The van der Waals surface area contributed by atoms with E-state index in [0.29, 0.717) is 32.5 Å². The average molecular weight is 493 g/mol. The molecule has 0 unspecified atom stereocenters. The second-order valence-electron chi connectivity index (χ2n) is 7.28. The van der Waals surface area contributed by atoms with Gasteiger partial charge in [0.25, 0.3) is 0 Å². The third-order valence-corrected chi connectivity index (χ3v) is 6.23. The lowest BCUT2D eigenvalue weighted by Crippen LogP contribution is -2.41.